The molecular weight excluding hydrogens is 482 g/mol. The van der Waals surface area contributed by atoms with Crippen molar-refractivity contribution in [2.45, 2.75) is 32.4 Å². The Kier molecular flexibility index (Phi) is 5.44. The van der Waals surface area contributed by atoms with Gasteiger partial charge in [0, 0.05) is 13.0 Å². The summed E-state index contributed by atoms with van der Waals surface area (Å²) in [5, 5.41) is 10.5. The molecule has 1 aromatic heterocycles. The first kappa shape index (κ1) is 22.6. The number of anilines is 1. The maximum Gasteiger partial charge on any atom is 0.372 e. The molecule has 1 atom stereocenters. The van der Waals surface area contributed by atoms with Crippen LogP contribution in [0.5, 0.6) is 5.75 Å². The van der Waals surface area contributed by atoms with Crippen molar-refractivity contribution < 1.29 is 19.4 Å². The number of halogens is 1. The maximum absolute atomic E-state index is 13.7. The van der Waals surface area contributed by atoms with E-state index >= 15 is 0 Å². The van der Waals surface area contributed by atoms with E-state index in [1.54, 1.807) is 11.0 Å². The number of fused-ring (bicyclic) bond motifs is 4. The Morgan fingerprint density at radius 3 is 2.78 bits per heavy atom. The Hall–Kier alpha value is -3.85. The highest BCUT2D eigenvalue weighted by atomic mass is 35.5. The average molecular weight is 506 g/mol. The minimum Gasteiger partial charge on any atom is -0.491 e. The third-order valence-corrected chi connectivity index (χ3v) is 7.07. The first-order chi connectivity index (χ1) is 17.4. The number of carbonyl (C=O) groups is 2. The predicted octanol–water partition coefficient (Wildman–Crippen LogP) is 3.48. The number of imidazole rings is 1. The molecule has 3 aliphatic rings. The van der Waals surface area contributed by atoms with Gasteiger partial charge in [0.05, 0.1) is 30.8 Å². The van der Waals surface area contributed by atoms with Crippen molar-refractivity contribution in [1.29, 1.82) is 0 Å². The summed E-state index contributed by atoms with van der Waals surface area (Å²) in [7, 11) is 0. The van der Waals surface area contributed by atoms with Gasteiger partial charge in [0.25, 0.3) is 5.91 Å². The molecule has 0 fully saturated rings. The van der Waals surface area contributed by atoms with E-state index in [1.807, 2.05) is 36.1 Å². The van der Waals surface area contributed by atoms with Crippen LogP contribution in [-0.2, 0) is 19.4 Å². The van der Waals surface area contributed by atoms with Crippen LogP contribution < -0.4 is 9.64 Å². The molecule has 0 spiro atoms. The summed E-state index contributed by atoms with van der Waals surface area (Å²) in [6, 6.07) is 13.7. The normalized spacial score (nSPS) is 18.0. The van der Waals surface area contributed by atoms with Gasteiger partial charge in [-0.05, 0) is 36.1 Å². The number of amides is 1. The van der Waals surface area contributed by atoms with Crippen LogP contribution in [0.1, 0.15) is 44.7 Å². The smallest absolute Gasteiger partial charge is 0.372 e. The average Bonchev–Trinajstić information content (AvgIpc) is 3.58. The summed E-state index contributed by atoms with van der Waals surface area (Å²) in [6.45, 7) is 3.51. The lowest BCUT2D eigenvalue weighted by molar-refractivity contribution is 0.0678. The first-order valence-electron chi connectivity index (χ1n) is 11.9. The molecule has 2 aromatic carbocycles. The van der Waals surface area contributed by atoms with Gasteiger partial charge in [-0.3, -0.25) is 14.6 Å². The van der Waals surface area contributed by atoms with Crippen molar-refractivity contribution in [3.63, 3.8) is 0 Å². The number of rotatable bonds is 6. The van der Waals surface area contributed by atoms with Gasteiger partial charge in [0.1, 0.15) is 5.75 Å². The Bertz CT molecular complexity index is 1420. The largest absolute Gasteiger partial charge is 0.491 e. The number of carboxylic acid groups (broad SMARTS) is 1. The summed E-state index contributed by atoms with van der Waals surface area (Å²) < 4.78 is 7.08. The van der Waals surface area contributed by atoms with E-state index in [0.29, 0.717) is 48.7 Å². The molecule has 10 heteroatoms. The van der Waals surface area contributed by atoms with E-state index in [4.69, 9.17) is 21.3 Å². The van der Waals surface area contributed by atoms with Crippen molar-refractivity contribution in [2.75, 3.05) is 24.6 Å². The molecule has 0 radical (unpaired) electrons. The van der Waals surface area contributed by atoms with Crippen LogP contribution in [0.3, 0.4) is 0 Å². The van der Waals surface area contributed by atoms with Crippen LogP contribution in [0.15, 0.2) is 47.5 Å². The van der Waals surface area contributed by atoms with Crippen molar-refractivity contribution in [1.82, 2.24) is 14.5 Å². The summed E-state index contributed by atoms with van der Waals surface area (Å²) >= 11 is 6.43. The fourth-order valence-corrected chi connectivity index (χ4v) is 5.53. The quantitative estimate of drug-likeness (QED) is 0.550. The van der Waals surface area contributed by atoms with Crippen LogP contribution in [0.2, 0.25) is 5.02 Å². The van der Waals surface area contributed by atoms with E-state index in [9.17, 15) is 14.7 Å². The molecule has 0 aliphatic carbocycles. The van der Waals surface area contributed by atoms with Gasteiger partial charge in [-0.1, -0.05) is 48.0 Å². The topological polar surface area (TPSA) is 100 Å². The zero-order valence-electron chi connectivity index (χ0n) is 19.6. The summed E-state index contributed by atoms with van der Waals surface area (Å²) in [5.41, 5.74) is 3.16. The SMILES string of the molecule is CCN1C(=O)c2c(nc(C(=O)O)n2Cc2cc(Cl)c3c(c2)CCO3)N2C[C@@H](Cc3ccccc3)N=C12. The molecule has 184 valence electrons. The van der Waals surface area contributed by atoms with Gasteiger partial charge in [-0.15, -0.1) is 0 Å². The van der Waals surface area contributed by atoms with Gasteiger partial charge in [0.15, 0.2) is 11.5 Å². The van der Waals surface area contributed by atoms with E-state index < -0.39 is 5.97 Å². The molecule has 36 heavy (non-hydrogen) atoms. The second-order valence-electron chi connectivity index (χ2n) is 9.10. The fraction of sp³-hybridized carbons (Fsp3) is 0.308. The lowest BCUT2D eigenvalue weighted by Gasteiger charge is -2.33. The number of carbonyl (C=O) groups excluding carboxylic acids is 1. The second-order valence-corrected chi connectivity index (χ2v) is 9.50. The fourth-order valence-electron chi connectivity index (χ4n) is 5.22. The zero-order valence-corrected chi connectivity index (χ0v) is 20.4. The molecule has 0 unspecified atom stereocenters. The molecule has 3 aromatic rings. The predicted molar refractivity (Wildman–Crippen MR) is 134 cm³/mol. The number of benzene rings is 2. The number of hydrogen-bond acceptors (Lipinski definition) is 6. The first-order valence-corrected chi connectivity index (χ1v) is 12.3. The number of guanidine groups is 1. The van der Waals surface area contributed by atoms with Crippen molar-refractivity contribution >= 4 is 35.3 Å². The van der Waals surface area contributed by atoms with Crippen LogP contribution in [-0.4, -0.2) is 63.1 Å². The monoisotopic (exact) mass is 505 g/mol. The molecule has 3 aliphatic heterocycles. The Labute approximate surface area is 212 Å². The molecule has 9 nitrogen and oxygen atoms in total. The number of aromatic carboxylic acids is 1. The van der Waals surface area contributed by atoms with Gasteiger partial charge >= 0.3 is 5.97 Å². The van der Waals surface area contributed by atoms with Crippen molar-refractivity contribution in [3.8, 4) is 5.75 Å². The Morgan fingerprint density at radius 1 is 1.22 bits per heavy atom. The van der Waals surface area contributed by atoms with Crippen molar-refractivity contribution in [3.05, 3.63) is 75.7 Å². The van der Waals surface area contributed by atoms with E-state index in [2.05, 4.69) is 17.1 Å². The second kappa shape index (κ2) is 8.67. The summed E-state index contributed by atoms with van der Waals surface area (Å²) in [6.07, 6.45) is 1.44. The lowest BCUT2D eigenvalue weighted by Crippen LogP contribution is -2.50. The third kappa shape index (κ3) is 3.62. The molecular formula is C26H24ClN5O4. The van der Waals surface area contributed by atoms with Gasteiger partial charge in [-0.2, -0.15) is 0 Å². The van der Waals surface area contributed by atoms with E-state index in [0.717, 1.165) is 23.1 Å². The van der Waals surface area contributed by atoms with Crippen LogP contribution >= 0.6 is 11.6 Å². The number of aliphatic imine (C=N–C) groups is 1. The molecule has 6 rings (SSSR count). The van der Waals surface area contributed by atoms with Crippen LogP contribution in [0.25, 0.3) is 0 Å². The summed E-state index contributed by atoms with van der Waals surface area (Å²) in [4.78, 5) is 38.7. The van der Waals surface area contributed by atoms with Crippen LogP contribution in [0, 0.1) is 0 Å². The maximum atomic E-state index is 13.7. The molecule has 0 saturated carbocycles. The summed E-state index contributed by atoms with van der Waals surface area (Å²) in [5.74, 6) is -0.165. The molecule has 1 N–H and O–H groups in total. The number of aromatic nitrogens is 2. The molecule has 0 saturated heterocycles. The standard InChI is InChI=1S/C26H24ClN5O4/c1-2-30-24(33)20-22(32-14-18(28-26(30)32)11-15-6-4-3-5-7-15)29-23(25(34)35)31(20)13-16-10-17-8-9-36-21(17)19(27)12-16/h3-7,10,12,18H,2,8-9,11,13-14H2,1H3,(H,34,35)/t18-/m1/s1. The highest BCUT2D eigenvalue weighted by Gasteiger charge is 2.44. The number of hydrogen-bond donors (Lipinski definition) is 1. The number of carboxylic acids is 1. The zero-order chi connectivity index (χ0) is 25.0. The Morgan fingerprint density at radius 2 is 2.03 bits per heavy atom. The molecule has 4 heterocycles. The van der Waals surface area contributed by atoms with E-state index in [-0.39, 0.29) is 30.0 Å². The Balaban J connectivity index is 1.40. The minimum absolute atomic E-state index is 0.0795. The number of nitrogens with zero attached hydrogens (tertiary/aromatic N) is 5. The highest BCUT2D eigenvalue weighted by molar-refractivity contribution is 6.32. The van der Waals surface area contributed by atoms with Gasteiger partial charge in [-0.25, -0.2) is 14.8 Å². The molecule has 1 amide bonds. The van der Waals surface area contributed by atoms with Crippen LogP contribution in [0.4, 0.5) is 5.82 Å². The lowest BCUT2D eigenvalue weighted by atomic mass is 10.1. The minimum atomic E-state index is -1.20. The van der Waals surface area contributed by atoms with Gasteiger partial charge in [0.2, 0.25) is 11.8 Å². The highest BCUT2D eigenvalue weighted by Crippen LogP contribution is 2.37. The molecule has 0 bridgehead atoms. The van der Waals surface area contributed by atoms with E-state index in [1.165, 1.54) is 4.57 Å². The third-order valence-electron chi connectivity index (χ3n) is 6.79. The van der Waals surface area contributed by atoms with Crippen molar-refractivity contribution in [2.24, 2.45) is 4.99 Å². The van der Waals surface area contributed by atoms with Gasteiger partial charge < -0.3 is 14.4 Å². The number of ether oxygens (including phenoxy) is 1.